The Kier molecular flexibility index (Phi) is 6.71. The second-order valence-corrected chi connectivity index (χ2v) is 8.79. The minimum Gasteiger partial charge on any atom is -0.320 e. The molecular formula is C23H20ClFN6OS. The van der Waals surface area contributed by atoms with Gasteiger partial charge in [0, 0.05) is 27.9 Å². The summed E-state index contributed by atoms with van der Waals surface area (Å²) < 4.78 is 15.0. The number of hydrogen-bond donors (Lipinski definition) is 1. The summed E-state index contributed by atoms with van der Waals surface area (Å²) in [5, 5.41) is 12.2. The molecule has 0 saturated carbocycles. The predicted molar refractivity (Wildman–Crippen MR) is 127 cm³/mol. The first-order valence-electron chi connectivity index (χ1n) is 10.0. The van der Waals surface area contributed by atoms with Crippen molar-refractivity contribution in [3.63, 3.8) is 0 Å². The predicted octanol–water partition coefficient (Wildman–Crippen LogP) is 5.32. The van der Waals surface area contributed by atoms with E-state index in [1.54, 1.807) is 24.3 Å². The number of carbonyl (C=O) groups excluding carboxylic acids is 1. The third-order valence-corrected chi connectivity index (χ3v) is 5.89. The van der Waals surface area contributed by atoms with Crippen molar-refractivity contribution >= 4 is 35.0 Å². The van der Waals surface area contributed by atoms with Gasteiger partial charge < -0.3 is 5.32 Å². The Hall–Kier alpha value is -3.30. The van der Waals surface area contributed by atoms with E-state index in [0.717, 1.165) is 17.0 Å². The monoisotopic (exact) mass is 482 g/mol. The molecule has 2 heterocycles. The van der Waals surface area contributed by atoms with E-state index in [-0.39, 0.29) is 11.5 Å². The number of rotatable bonds is 6. The number of aromatic nitrogens is 5. The Bertz CT molecular complexity index is 1310. The molecule has 0 radical (unpaired) electrons. The van der Waals surface area contributed by atoms with E-state index in [1.165, 1.54) is 28.6 Å². The molecule has 0 aliphatic heterocycles. The van der Waals surface area contributed by atoms with E-state index in [2.05, 4.69) is 25.6 Å². The molecule has 1 amide bonds. The van der Waals surface area contributed by atoms with E-state index in [4.69, 9.17) is 11.6 Å². The number of hydrogen-bond acceptors (Lipinski definition) is 6. The number of halogens is 2. The SMILES string of the molecule is Cc1cc(C)nc(SCc2c(C(=O)Nc3cc(Cl)ccc3C)nnn2-c2ccc(F)cc2)n1. The lowest BCUT2D eigenvalue weighted by molar-refractivity contribution is 0.102. The first-order valence-corrected chi connectivity index (χ1v) is 11.4. The van der Waals surface area contributed by atoms with Gasteiger partial charge in [-0.05, 0) is 68.8 Å². The standard InChI is InChI=1S/C23H20ClFN6OS/c1-13-4-5-16(24)11-19(13)28-22(32)21-20(12-33-23-26-14(2)10-15(3)27-23)31(30-29-21)18-8-6-17(25)7-9-18/h4-11H,12H2,1-3H3,(H,28,32). The Balaban J connectivity index is 1.69. The van der Waals surface area contributed by atoms with Gasteiger partial charge in [0.2, 0.25) is 0 Å². The zero-order valence-electron chi connectivity index (χ0n) is 18.1. The summed E-state index contributed by atoms with van der Waals surface area (Å²) in [5.74, 6) is -0.469. The highest BCUT2D eigenvalue weighted by Crippen LogP contribution is 2.26. The molecule has 168 valence electrons. The second-order valence-electron chi connectivity index (χ2n) is 7.41. The molecule has 0 aliphatic carbocycles. The molecule has 0 saturated heterocycles. The van der Waals surface area contributed by atoms with Crippen molar-refractivity contribution in [3.8, 4) is 5.69 Å². The number of aryl methyl sites for hydroxylation is 3. The first-order chi connectivity index (χ1) is 15.8. The molecule has 2 aromatic carbocycles. The van der Waals surface area contributed by atoms with Crippen LogP contribution in [0, 0.1) is 26.6 Å². The van der Waals surface area contributed by atoms with Crippen molar-refractivity contribution < 1.29 is 9.18 Å². The number of amides is 1. The van der Waals surface area contributed by atoms with Crippen molar-refractivity contribution in [2.45, 2.75) is 31.7 Å². The molecule has 10 heteroatoms. The van der Waals surface area contributed by atoms with Crippen LogP contribution in [0.1, 0.15) is 33.1 Å². The molecule has 2 aromatic heterocycles. The smallest absolute Gasteiger partial charge is 0.278 e. The van der Waals surface area contributed by atoms with E-state index in [9.17, 15) is 9.18 Å². The fraction of sp³-hybridized carbons (Fsp3) is 0.174. The highest BCUT2D eigenvalue weighted by molar-refractivity contribution is 7.98. The van der Waals surface area contributed by atoms with Gasteiger partial charge >= 0.3 is 0 Å². The molecule has 0 unspecified atom stereocenters. The Morgan fingerprint density at radius 1 is 1.06 bits per heavy atom. The zero-order valence-corrected chi connectivity index (χ0v) is 19.7. The first kappa shape index (κ1) is 22.9. The Labute approximate surface area is 199 Å². The average Bonchev–Trinajstić information content (AvgIpc) is 3.19. The van der Waals surface area contributed by atoms with Gasteiger partial charge in [-0.2, -0.15) is 0 Å². The minimum absolute atomic E-state index is 0.149. The van der Waals surface area contributed by atoms with Gasteiger partial charge in [-0.15, -0.1) is 5.10 Å². The number of benzene rings is 2. The minimum atomic E-state index is -0.425. The largest absolute Gasteiger partial charge is 0.320 e. The molecule has 0 bridgehead atoms. The quantitative estimate of drug-likeness (QED) is 0.295. The van der Waals surface area contributed by atoms with Crippen LogP contribution in [0.25, 0.3) is 5.69 Å². The van der Waals surface area contributed by atoms with Gasteiger partial charge in [-0.3, -0.25) is 4.79 Å². The maximum absolute atomic E-state index is 13.5. The summed E-state index contributed by atoms with van der Waals surface area (Å²) in [6, 6.07) is 13.0. The molecule has 4 rings (SSSR count). The van der Waals surface area contributed by atoms with Crippen LogP contribution in [0.3, 0.4) is 0 Å². The molecule has 4 aromatic rings. The number of nitrogens with zero attached hydrogens (tertiary/aromatic N) is 5. The maximum atomic E-state index is 13.5. The van der Waals surface area contributed by atoms with Crippen LogP contribution < -0.4 is 5.32 Å². The second kappa shape index (κ2) is 9.68. The fourth-order valence-electron chi connectivity index (χ4n) is 3.20. The van der Waals surface area contributed by atoms with Crippen LogP contribution in [0.5, 0.6) is 0 Å². The number of carbonyl (C=O) groups is 1. The van der Waals surface area contributed by atoms with Crippen molar-refractivity contribution in [1.82, 2.24) is 25.0 Å². The van der Waals surface area contributed by atoms with Crippen LogP contribution in [0.15, 0.2) is 53.7 Å². The highest BCUT2D eigenvalue weighted by Gasteiger charge is 2.22. The normalized spacial score (nSPS) is 10.9. The summed E-state index contributed by atoms with van der Waals surface area (Å²) >= 11 is 7.45. The van der Waals surface area contributed by atoms with Crippen molar-refractivity contribution in [2.24, 2.45) is 0 Å². The summed E-state index contributed by atoms with van der Waals surface area (Å²) in [5.41, 5.74) is 4.41. The third-order valence-electron chi connectivity index (χ3n) is 4.80. The van der Waals surface area contributed by atoms with E-state index < -0.39 is 5.91 Å². The highest BCUT2D eigenvalue weighted by atomic mass is 35.5. The van der Waals surface area contributed by atoms with Gasteiger partial charge in [-0.25, -0.2) is 19.0 Å². The van der Waals surface area contributed by atoms with Crippen LogP contribution in [0.2, 0.25) is 5.02 Å². The zero-order chi connectivity index (χ0) is 23.5. The lowest BCUT2D eigenvalue weighted by Gasteiger charge is -2.10. The van der Waals surface area contributed by atoms with Gasteiger partial charge in [0.15, 0.2) is 10.9 Å². The Morgan fingerprint density at radius 3 is 2.45 bits per heavy atom. The number of thioether (sulfide) groups is 1. The third kappa shape index (κ3) is 5.37. The van der Waals surface area contributed by atoms with Crippen LogP contribution in [-0.2, 0) is 5.75 Å². The van der Waals surface area contributed by atoms with Crippen LogP contribution in [-0.4, -0.2) is 30.9 Å². The van der Waals surface area contributed by atoms with Gasteiger partial charge in [0.1, 0.15) is 5.82 Å². The molecule has 0 atom stereocenters. The van der Waals surface area contributed by atoms with E-state index in [0.29, 0.717) is 33.0 Å². The summed E-state index contributed by atoms with van der Waals surface area (Å²) in [4.78, 5) is 22.0. The van der Waals surface area contributed by atoms with Crippen LogP contribution >= 0.6 is 23.4 Å². The van der Waals surface area contributed by atoms with Crippen molar-refractivity contribution in [2.75, 3.05) is 5.32 Å². The van der Waals surface area contributed by atoms with Crippen molar-refractivity contribution in [1.29, 1.82) is 0 Å². The van der Waals surface area contributed by atoms with Gasteiger partial charge in [0.25, 0.3) is 5.91 Å². The Morgan fingerprint density at radius 2 is 1.76 bits per heavy atom. The molecular weight excluding hydrogens is 463 g/mol. The van der Waals surface area contributed by atoms with Crippen LogP contribution in [0.4, 0.5) is 10.1 Å². The molecule has 1 N–H and O–H groups in total. The average molecular weight is 483 g/mol. The molecule has 0 spiro atoms. The molecule has 0 aliphatic rings. The van der Waals surface area contributed by atoms with Crippen molar-refractivity contribution in [3.05, 3.63) is 87.7 Å². The lowest BCUT2D eigenvalue weighted by atomic mass is 10.2. The van der Waals surface area contributed by atoms with Gasteiger partial charge in [-0.1, -0.05) is 34.6 Å². The topological polar surface area (TPSA) is 85.6 Å². The summed E-state index contributed by atoms with van der Waals surface area (Å²) in [7, 11) is 0. The lowest BCUT2D eigenvalue weighted by Crippen LogP contribution is -2.16. The van der Waals surface area contributed by atoms with E-state index >= 15 is 0 Å². The number of anilines is 1. The maximum Gasteiger partial charge on any atom is 0.278 e. The molecule has 0 fully saturated rings. The fourth-order valence-corrected chi connectivity index (χ4v) is 4.31. The summed E-state index contributed by atoms with van der Waals surface area (Å²) in [6.07, 6.45) is 0. The number of nitrogens with one attached hydrogen (secondary N) is 1. The van der Waals surface area contributed by atoms with Gasteiger partial charge in [0.05, 0.1) is 11.4 Å². The summed E-state index contributed by atoms with van der Waals surface area (Å²) in [6.45, 7) is 5.67. The molecule has 33 heavy (non-hydrogen) atoms. The van der Waals surface area contributed by atoms with E-state index in [1.807, 2.05) is 32.9 Å². The molecule has 7 nitrogen and oxygen atoms in total.